The van der Waals surface area contributed by atoms with Gasteiger partial charge in [-0.05, 0) is 40.2 Å². The summed E-state index contributed by atoms with van der Waals surface area (Å²) in [5.74, 6) is -0.865. The highest BCUT2D eigenvalue weighted by atomic mass is 16.5. The quantitative estimate of drug-likeness (QED) is 0.787. The number of carbonyl (C=O) groups excluding carboxylic acids is 2. The minimum atomic E-state index is -0.551. The van der Waals surface area contributed by atoms with E-state index in [-0.39, 0.29) is 24.1 Å². The highest BCUT2D eigenvalue weighted by molar-refractivity contribution is 5.91. The zero-order chi connectivity index (χ0) is 16.2. The molecular formula is C15H25N3O3. The van der Waals surface area contributed by atoms with Gasteiger partial charge in [-0.3, -0.25) is 4.79 Å². The lowest BCUT2D eigenvalue weighted by atomic mass is 10.0. The number of hydrogen-bond donors (Lipinski definition) is 2. The van der Waals surface area contributed by atoms with E-state index in [4.69, 9.17) is 10.5 Å². The molecule has 0 aromatic carbocycles. The van der Waals surface area contributed by atoms with Gasteiger partial charge < -0.3 is 20.4 Å². The molecule has 0 radical (unpaired) electrons. The van der Waals surface area contributed by atoms with Crippen LogP contribution in [0.25, 0.3) is 0 Å². The van der Waals surface area contributed by atoms with Crippen LogP contribution >= 0.6 is 0 Å². The van der Waals surface area contributed by atoms with Crippen LogP contribution in [0.4, 0.5) is 5.69 Å². The lowest BCUT2D eigenvalue weighted by Gasteiger charge is -2.24. The predicted octanol–water partition coefficient (Wildman–Crippen LogP) is 2.11. The van der Waals surface area contributed by atoms with Crippen molar-refractivity contribution in [2.45, 2.75) is 52.6 Å². The molecule has 0 atom stereocenters. The first-order valence-electron chi connectivity index (χ1n) is 7.11. The van der Waals surface area contributed by atoms with Crippen molar-refractivity contribution in [2.75, 3.05) is 12.3 Å². The minimum Gasteiger partial charge on any atom is -0.451 e. The smallest absolute Gasteiger partial charge is 0.355 e. The molecule has 21 heavy (non-hydrogen) atoms. The van der Waals surface area contributed by atoms with Crippen LogP contribution in [0.3, 0.4) is 0 Å². The molecule has 1 aromatic rings. The van der Waals surface area contributed by atoms with Crippen LogP contribution in [0.15, 0.2) is 12.3 Å². The highest BCUT2D eigenvalue weighted by Gasteiger charge is 2.20. The minimum absolute atomic E-state index is 0.0812. The molecule has 0 fully saturated rings. The van der Waals surface area contributed by atoms with E-state index in [2.05, 4.69) is 5.32 Å². The first-order chi connectivity index (χ1) is 9.66. The van der Waals surface area contributed by atoms with Gasteiger partial charge in [-0.1, -0.05) is 6.92 Å². The van der Waals surface area contributed by atoms with E-state index >= 15 is 0 Å². The number of nitrogen functional groups attached to an aromatic ring is 1. The fourth-order valence-corrected chi connectivity index (χ4v) is 1.80. The van der Waals surface area contributed by atoms with Crippen molar-refractivity contribution in [3.05, 3.63) is 18.0 Å². The summed E-state index contributed by atoms with van der Waals surface area (Å²) in [6, 6.07) is 1.63. The van der Waals surface area contributed by atoms with E-state index in [0.29, 0.717) is 11.4 Å². The molecule has 0 unspecified atom stereocenters. The Bertz CT molecular complexity index is 518. The Morgan fingerprint density at radius 3 is 2.57 bits per heavy atom. The fourth-order valence-electron chi connectivity index (χ4n) is 1.80. The van der Waals surface area contributed by atoms with Crippen LogP contribution in [0.2, 0.25) is 0 Å². The maximum absolute atomic E-state index is 12.0. The second kappa shape index (κ2) is 6.65. The largest absolute Gasteiger partial charge is 0.451 e. The molecule has 6 nitrogen and oxygen atoms in total. The van der Waals surface area contributed by atoms with Crippen LogP contribution in [0, 0.1) is 0 Å². The molecule has 118 valence electrons. The Labute approximate surface area is 125 Å². The number of aromatic nitrogens is 1. The molecule has 0 aliphatic heterocycles. The Morgan fingerprint density at radius 2 is 2.05 bits per heavy atom. The fraction of sp³-hybridized carbons (Fsp3) is 0.600. The van der Waals surface area contributed by atoms with Crippen LogP contribution in [-0.2, 0) is 9.53 Å². The van der Waals surface area contributed by atoms with Gasteiger partial charge in [-0.15, -0.1) is 0 Å². The number of carbonyl (C=O) groups is 2. The molecule has 1 aromatic heterocycles. The van der Waals surface area contributed by atoms with E-state index in [9.17, 15) is 9.59 Å². The average Bonchev–Trinajstić information content (AvgIpc) is 2.78. The van der Waals surface area contributed by atoms with Gasteiger partial charge in [0.2, 0.25) is 0 Å². The van der Waals surface area contributed by atoms with Gasteiger partial charge in [0.1, 0.15) is 5.69 Å². The summed E-state index contributed by atoms with van der Waals surface area (Å²) in [7, 11) is 0. The summed E-state index contributed by atoms with van der Waals surface area (Å²) in [5.41, 5.74) is 6.24. The van der Waals surface area contributed by atoms with Gasteiger partial charge in [-0.25, -0.2) is 4.79 Å². The van der Waals surface area contributed by atoms with Gasteiger partial charge >= 0.3 is 5.97 Å². The molecule has 6 heteroatoms. The number of rotatable bonds is 6. The molecule has 1 heterocycles. The van der Waals surface area contributed by atoms with Crippen molar-refractivity contribution < 1.29 is 14.3 Å². The number of nitrogens with zero attached hydrogens (tertiary/aromatic N) is 1. The molecule has 0 spiro atoms. The lowest BCUT2D eigenvalue weighted by Crippen LogP contribution is -2.44. The maximum Gasteiger partial charge on any atom is 0.355 e. The van der Waals surface area contributed by atoms with Gasteiger partial charge in [0.25, 0.3) is 5.91 Å². The molecule has 0 saturated heterocycles. The molecular weight excluding hydrogens is 270 g/mol. The SMILES string of the molecule is CCC(C)(C)NC(=O)COC(=O)c1cc(N)cn1C(C)C. The molecule has 1 amide bonds. The van der Waals surface area contributed by atoms with Crippen LogP contribution in [-0.4, -0.2) is 28.6 Å². The average molecular weight is 295 g/mol. The van der Waals surface area contributed by atoms with Crippen molar-refractivity contribution in [1.29, 1.82) is 0 Å². The van der Waals surface area contributed by atoms with Crippen LogP contribution < -0.4 is 11.1 Å². The summed E-state index contributed by atoms with van der Waals surface area (Å²) >= 11 is 0. The Balaban J connectivity index is 2.64. The maximum atomic E-state index is 12.0. The number of hydrogen-bond acceptors (Lipinski definition) is 4. The number of nitrogens with two attached hydrogens (primary N) is 1. The van der Waals surface area contributed by atoms with Crippen molar-refractivity contribution in [1.82, 2.24) is 9.88 Å². The monoisotopic (exact) mass is 295 g/mol. The molecule has 0 bridgehead atoms. The van der Waals surface area contributed by atoms with Crippen LogP contribution in [0.1, 0.15) is 57.6 Å². The van der Waals surface area contributed by atoms with Crippen molar-refractivity contribution in [2.24, 2.45) is 0 Å². The Kier molecular flexibility index (Phi) is 5.41. The summed E-state index contributed by atoms with van der Waals surface area (Å²) in [5, 5.41) is 2.81. The summed E-state index contributed by atoms with van der Waals surface area (Å²) in [4.78, 5) is 23.8. The third-order valence-electron chi connectivity index (χ3n) is 3.33. The van der Waals surface area contributed by atoms with Crippen LogP contribution in [0.5, 0.6) is 0 Å². The van der Waals surface area contributed by atoms with Gasteiger partial charge in [0.05, 0.1) is 5.69 Å². The van der Waals surface area contributed by atoms with E-state index in [0.717, 1.165) is 6.42 Å². The number of ether oxygens (including phenoxy) is 1. The molecule has 0 aliphatic rings. The van der Waals surface area contributed by atoms with E-state index < -0.39 is 5.97 Å². The third kappa shape index (κ3) is 4.81. The lowest BCUT2D eigenvalue weighted by molar-refractivity contribution is -0.125. The zero-order valence-corrected chi connectivity index (χ0v) is 13.4. The second-order valence-corrected chi connectivity index (χ2v) is 6.02. The Morgan fingerprint density at radius 1 is 1.43 bits per heavy atom. The number of esters is 1. The second-order valence-electron chi connectivity index (χ2n) is 6.02. The summed E-state index contributed by atoms with van der Waals surface area (Å²) in [6.45, 7) is 9.38. The first-order valence-corrected chi connectivity index (χ1v) is 7.11. The Hall–Kier alpha value is -1.98. The number of nitrogens with one attached hydrogen (secondary N) is 1. The molecule has 1 rings (SSSR count). The first kappa shape index (κ1) is 17.1. The van der Waals surface area contributed by atoms with Crippen molar-refractivity contribution >= 4 is 17.6 Å². The summed E-state index contributed by atoms with van der Waals surface area (Å²) < 4.78 is 6.78. The van der Waals surface area contributed by atoms with E-state index in [1.54, 1.807) is 16.8 Å². The summed E-state index contributed by atoms with van der Waals surface area (Å²) in [6.07, 6.45) is 2.47. The number of anilines is 1. The van der Waals surface area contributed by atoms with Crippen molar-refractivity contribution in [3.63, 3.8) is 0 Å². The molecule has 0 saturated carbocycles. The van der Waals surface area contributed by atoms with Gasteiger partial charge in [0, 0.05) is 17.8 Å². The molecule has 3 N–H and O–H groups in total. The predicted molar refractivity (Wildman–Crippen MR) is 82.0 cm³/mol. The topological polar surface area (TPSA) is 86.3 Å². The van der Waals surface area contributed by atoms with Gasteiger partial charge in [-0.2, -0.15) is 0 Å². The van der Waals surface area contributed by atoms with Gasteiger partial charge in [0.15, 0.2) is 6.61 Å². The van der Waals surface area contributed by atoms with E-state index in [1.165, 1.54) is 0 Å². The third-order valence-corrected chi connectivity index (χ3v) is 3.33. The highest BCUT2D eigenvalue weighted by Crippen LogP contribution is 2.17. The standard InChI is InChI=1S/C15H25N3O3/c1-6-15(4,5)17-13(19)9-21-14(20)12-7-11(16)8-18(12)10(2)3/h7-8,10H,6,9,16H2,1-5H3,(H,17,19). The number of amides is 1. The zero-order valence-electron chi connectivity index (χ0n) is 13.4. The molecule has 0 aliphatic carbocycles. The normalized spacial score (nSPS) is 11.5. The van der Waals surface area contributed by atoms with Crippen molar-refractivity contribution in [3.8, 4) is 0 Å². The van der Waals surface area contributed by atoms with E-state index in [1.807, 2.05) is 34.6 Å².